The Hall–Kier alpha value is -0.930. The number of carbonyl (C=O) groups is 1. The lowest BCUT2D eigenvalue weighted by molar-refractivity contribution is -0.119. The Balaban J connectivity index is 2.23. The highest BCUT2D eigenvalue weighted by molar-refractivity contribution is 6.18. The molecule has 0 spiro atoms. The van der Waals surface area contributed by atoms with Gasteiger partial charge in [-0.3, -0.25) is 4.90 Å². The molecular weight excluding hydrogens is 283 g/mol. The third-order valence-corrected chi connectivity index (χ3v) is 3.62. The van der Waals surface area contributed by atoms with E-state index >= 15 is 0 Å². The molecule has 0 radical (unpaired) electrons. The van der Waals surface area contributed by atoms with Gasteiger partial charge in [-0.1, -0.05) is 0 Å². The van der Waals surface area contributed by atoms with Crippen LogP contribution in [-0.2, 0) is 4.74 Å². The molecule has 7 nitrogen and oxygen atoms in total. The number of carbonyl (C=O) groups excluding carboxylic acids is 1. The van der Waals surface area contributed by atoms with E-state index in [1.165, 1.54) is 6.08 Å². The summed E-state index contributed by atoms with van der Waals surface area (Å²) >= 11 is 5.60. The second-order valence-electron chi connectivity index (χ2n) is 4.40. The standard InChI is InChI=1S/C10H14ClFN2O5/c11-3-10(4-15)7(17)6(12)8(19-10)14-2-1-5(16)13-9(14)18/h1-2,5-8,15-17H,3-4H2,(H,13,18)/t5?,6-,7+,8-,10-/m1/s1. The van der Waals surface area contributed by atoms with E-state index in [9.17, 15) is 19.4 Å². The normalized spacial score (nSPS) is 42.6. The van der Waals surface area contributed by atoms with Crippen molar-refractivity contribution in [3.8, 4) is 0 Å². The van der Waals surface area contributed by atoms with Gasteiger partial charge in [0.15, 0.2) is 12.4 Å². The molecule has 0 aromatic rings. The molecule has 1 fully saturated rings. The molecule has 5 atom stereocenters. The highest BCUT2D eigenvalue weighted by atomic mass is 35.5. The topological polar surface area (TPSA) is 102 Å². The fraction of sp³-hybridized carbons (Fsp3) is 0.700. The molecule has 1 unspecified atom stereocenters. The Bertz CT molecular complexity index is 392. The zero-order chi connectivity index (χ0) is 14.2. The zero-order valence-corrected chi connectivity index (χ0v) is 10.5. The highest BCUT2D eigenvalue weighted by Gasteiger charge is 2.57. The number of urea groups is 1. The predicted molar refractivity (Wildman–Crippen MR) is 61.8 cm³/mol. The number of amides is 2. The number of nitrogens with zero attached hydrogens (tertiary/aromatic N) is 1. The largest absolute Gasteiger partial charge is 0.393 e. The Morgan fingerprint density at radius 1 is 1.58 bits per heavy atom. The van der Waals surface area contributed by atoms with Crippen LogP contribution in [0.4, 0.5) is 9.18 Å². The van der Waals surface area contributed by atoms with E-state index in [-0.39, 0.29) is 5.88 Å². The van der Waals surface area contributed by atoms with Gasteiger partial charge >= 0.3 is 6.03 Å². The molecule has 0 aromatic carbocycles. The monoisotopic (exact) mass is 296 g/mol. The number of nitrogens with one attached hydrogen (secondary N) is 1. The quantitative estimate of drug-likeness (QED) is 0.494. The summed E-state index contributed by atoms with van der Waals surface area (Å²) in [6.45, 7) is -0.684. The smallest absolute Gasteiger partial charge is 0.325 e. The fourth-order valence-electron chi connectivity index (χ4n) is 2.01. The Morgan fingerprint density at radius 2 is 2.26 bits per heavy atom. The van der Waals surface area contributed by atoms with Crippen LogP contribution in [0.1, 0.15) is 0 Å². The number of hydrogen-bond donors (Lipinski definition) is 4. The van der Waals surface area contributed by atoms with E-state index in [1.807, 2.05) is 0 Å². The first-order chi connectivity index (χ1) is 8.95. The van der Waals surface area contributed by atoms with E-state index in [0.717, 1.165) is 11.1 Å². The number of alkyl halides is 2. The first kappa shape index (κ1) is 14.5. The Labute approximate surface area is 113 Å². The maximum absolute atomic E-state index is 14.0. The molecule has 0 aromatic heterocycles. The maximum atomic E-state index is 14.0. The second-order valence-corrected chi connectivity index (χ2v) is 4.66. The molecule has 1 saturated heterocycles. The van der Waals surface area contributed by atoms with Crippen molar-refractivity contribution in [2.24, 2.45) is 0 Å². The molecule has 108 valence electrons. The van der Waals surface area contributed by atoms with Crippen molar-refractivity contribution >= 4 is 17.6 Å². The number of rotatable bonds is 3. The van der Waals surface area contributed by atoms with Gasteiger partial charge in [-0.25, -0.2) is 9.18 Å². The van der Waals surface area contributed by atoms with Gasteiger partial charge < -0.3 is 25.4 Å². The van der Waals surface area contributed by atoms with Crippen LogP contribution in [0.15, 0.2) is 12.3 Å². The van der Waals surface area contributed by atoms with Crippen LogP contribution >= 0.6 is 11.6 Å². The molecule has 2 rings (SSSR count). The van der Waals surface area contributed by atoms with Gasteiger partial charge in [0.05, 0.1) is 12.5 Å². The summed E-state index contributed by atoms with van der Waals surface area (Å²) in [5.74, 6) is -0.330. The number of aliphatic hydroxyl groups is 3. The molecule has 9 heteroatoms. The van der Waals surface area contributed by atoms with Crippen molar-refractivity contribution < 1.29 is 29.2 Å². The van der Waals surface area contributed by atoms with Crippen LogP contribution in [0.5, 0.6) is 0 Å². The minimum absolute atomic E-state index is 0.330. The minimum Gasteiger partial charge on any atom is -0.393 e. The van der Waals surface area contributed by atoms with Gasteiger partial charge in [0.25, 0.3) is 0 Å². The highest BCUT2D eigenvalue weighted by Crippen LogP contribution is 2.36. The molecule has 19 heavy (non-hydrogen) atoms. The number of halogens is 2. The van der Waals surface area contributed by atoms with Gasteiger partial charge in [-0.2, -0.15) is 0 Å². The molecule has 0 aliphatic carbocycles. The summed E-state index contributed by atoms with van der Waals surface area (Å²) in [7, 11) is 0. The first-order valence-electron chi connectivity index (χ1n) is 5.57. The fourth-order valence-corrected chi connectivity index (χ4v) is 2.31. The van der Waals surface area contributed by atoms with E-state index in [2.05, 4.69) is 5.32 Å². The lowest BCUT2D eigenvalue weighted by Crippen LogP contribution is -2.52. The van der Waals surface area contributed by atoms with Crippen molar-refractivity contribution in [2.45, 2.75) is 30.3 Å². The number of aliphatic hydroxyl groups excluding tert-OH is 3. The molecule has 2 heterocycles. The van der Waals surface area contributed by atoms with Crippen LogP contribution in [-0.4, -0.2) is 69.1 Å². The van der Waals surface area contributed by atoms with Gasteiger partial charge in [0.2, 0.25) is 0 Å². The molecule has 0 saturated carbocycles. The van der Waals surface area contributed by atoms with E-state index < -0.39 is 43.0 Å². The van der Waals surface area contributed by atoms with Crippen LogP contribution in [0, 0.1) is 0 Å². The average Bonchev–Trinajstić information content (AvgIpc) is 2.64. The van der Waals surface area contributed by atoms with Gasteiger partial charge in [0, 0.05) is 6.20 Å². The van der Waals surface area contributed by atoms with Crippen molar-refractivity contribution in [1.29, 1.82) is 0 Å². The summed E-state index contributed by atoms with van der Waals surface area (Å²) in [5.41, 5.74) is -1.66. The predicted octanol–water partition coefficient (Wildman–Crippen LogP) is -1.13. The van der Waals surface area contributed by atoms with Crippen molar-refractivity contribution in [3.05, 3.63) is 12.3 Å². The van der Waals surface area contributed by atoms with Crippen LogP contribution in [0.2, 0.25) is 0 Å². The molecule has 4 N–H and O–H groups in total. The molecule has 2 aliphatic rings. The lowest BCUT2D eigenvalue weighted by Gasteiger charge is -2.31. The molecule has 2 amide bonds. The SMILES string of the molecule is O=C1NC(O)C=CN1[C@@H]1O[C@@](CO)(CCl)[C@@H](O)[C@H]1F. The van der Waals surface area contributed by atoms with Crippen molar-refractivity contribution in [3.63, 3.8) is 0 Å². The summed E-state index contributed by atoms with van der Waals surface area (Å²) in [4.78, 5) is 12.5. The Kier molecular flexibility index (Phi) is 3.98. The first-order valence-corrected chi connectivity index (χ1v) is 6.10. The third kappa shape index (κ3) is 2.30. The van der Waals surface area contributed by atoms with Crippen LogP contribution in [0.3, 0.4) is 0 Å². The zero-order valence-electron chi connectivity index (χ0n) is 9.74. The van der Waals surface area contributed by atoms with E-state index in [1.54, 1.807) is 0 Å². The van der Waals surface area contributed by atoms with Gasteiger partial charge in [-0.05, 0) is 6.08 Å². The van der Waals surface area contributed by atoms with Crippen molar-refractivity contribution in [2.75, 3.05) is 12.5 Å². The molecular formula is C10H14ClFN2O5. The minimum atomic E-state index is -1.93. The lowest BCUT2D eigenvalue weighted by atomic mass is 9.99. The second kappa shape index (κ2) is 5.22. The number of hydrogen-bond acceptors (Lipinski definition) is 5. The third-order valence-electron chi connectivity index (χ3n) is 3.17. The van der Waals surface area contributed by atoms with E-state index in [0.29, 0.717) is 0 Å². The van der Waals surface area contributed by atoms with Crippen LogP contribution < -0.4 is 5.32 Å². The summed E-state index contributed by atoms with van der Waals surface area (Å²) in [6, 6.07) is -0.779. The van der Waals surface area contributed by atoms with Crippen molar-refractivity contribution in [1.82, 2.24) is 10.2 Å². The maximum Gasteiger partial charge on any atom is 0.325 e. The van der Waals surface area contributed by atoms with Gasteiger partial charge in [-0.15, -0.1) is 11.6 Å². The average molecular weight is 297 g/mol. The summed E-state index contributed by atoms with van der Waals surface area (Å²) < 4.78 is 19.3. The number of ether oxygens (including phenoxy) is 1. The van der Waals surface area contributed by atoms with Crippen LogP contribution in [0.25, 0.3) is 0 Å². The molecule has 0 bridgehead atoms. The van der Waals surface area contributed by atoms with Gasteiger partial charge in [0.1, 0.15) is 17.9 Å². The Morgan fingerprint density at radius 3 is 2.74 bits per heavy atom. The molecule has 2 aliphatic heterocycles. The summed E-state index contributed by atoms with van der Waals surface area (Å²) in [6.07, 6.45) is -3.82. The van der Waals surface area contributed by atoms with E-state index in [4.69, 9.17) is 21.4 Å². The summed E-state index contributed by atoms with van der Waals surface area (Å²) in [5, 5.41) is 30.3.